The monoisotopic (exact) mass is 390 g/mol. The lowest BCUT2D eigenvalue weighted by molar-refractivity contribution is 0.262. The van der Waals surface area contributed by atoms with Gasteiger partial charge in [-0.1, -0.05) is 23.7 Å². The zero-order chi connectivity index (χ0) is 13.8. The molecule has 2 aromatic rings. The Morgan fingerprint density at radius 1 is 1.11 bits per heavy atom. The first-order chi connectivity index (χ1) is 9.06. The molecule has 2 amide bonds. The van der Waals surface area contributed by atoms with Gasteiger partial charge in [0.1, 0.15) is 5.82 Å². The third-order valence-electron chi connectivity index (χ3n) is 2.30. The predicted molar refractivity (Wildman–Crippen MR) is 83.2 cm³/mol. The molecule has 0 saturated heterocycles. The maximum atomic E-state index is 13.4. The standard InChI is InChI=1S/C13H9ClFIN2O/c14-8-5-6-12(10(16)7-8)18-13(19)17-11-4-2-1-3-9(11)15/h1-7H,(H2,17,18,19). The SMILES string of the molecule is O=C(Nc1ccccc1F)Nc1ccc(Cl)cc1I. The van der Waals surface area contributed by atoms with Crippen molar-refractivity contribution in [3.8, 4) is 0 Å². The fraction of sp³-hybridized carbons (Fsp3) is 0. The molecule has 0 aliphatic carbocycles. The van der Waals surface area contributed by atoms with Crippen LogP contribution >= 0.6 is 34.2 Å². The van der Waals surface area contributed by atoms with Gasteiger partial charge in [-0.3, -0.25) is 0 Å². The van der Waals surface area contributed by atoms with Crippen molar-refractivity contribution in [1.29, 1.82) is 0 Å². The number of rotatable bonds is 2. The zero-order valence-electron chi connectivity index (χ0n) is 9.58. The Bertz CT molecular complexity index is 621. The van der Waals surface area contributed by atoms with E-state index < -0.39 is 11.8 Å². The molecule has 98 valence electrons. The van der Waals surface area contributed by atoms with Gasteiger partial charge in [-0.05, 0) is 52.9 Å². The number of para-hydroxylation sites is 1. The summed E-state index contributed by atoms with van der Waals surface area (Å²) in [6.07, 6.45) is 0. The van der Waals surface area contributed by atoms with Gasteiger partial charge in [0.05, 0.1) is 11.4 Å². The second-order valence-corrected chi connectivity index (χ2v) is 5.28. The van der Waals surface area contributed by atoms with Crippen LogP contribution in [0.5, 0.6) is 0 Å². The number of hydrogen-bond acceptors (Lipinski definition) is 1. The summed E-state index contributed by atoms with van der Waals surface area (Å²) in [5, 5.41) is 5.66. The molecule has 0 bridgehead atoms. The highest BCUT2D eigenvalue weighted by atomic mass is 127. The second kappa shape index (κ2) is 6.21. The summed E-state index contributed by atoms with van der Waals surface area (Å²) in [5.74, 6) is -0.483. The average molecular weight is 391 g/mol. The summed E-state index contributed by atoms with van der Waals surface area (Å²) in [4.78, 5) is 11.7. The number of benzene rings is 2. The Hall–Kier alpha value is -1.34. The number of halogens is 3. The van der Waals surface area contributed by atoms with Gasteiger partial charge >= 0.3 is 6.03 Å². The summed E-state index contributed by atoms with van der Waals surface area (Å²) in [6, 6.07) is 10.5. The van der Waals surface area contributed by atoms with Crippen LogP contribution in [0.25, 0.3) is 0 Å². The molecule has 2 aromatic carbocycles. The number of hydrogen-bond donors (Lipinski definition) is 2. The van der Waals surface area contributed by atoms with E-state index in [0.29, 0.717) is 10.7 Å². The number of nitrogens with one attached hydrogen (secondary N) is 2. The molecule has 0 radical (unpaired) electrons. The van der Waals surface area contributed by atoms with E-state index in [1.165, 1.54) is 12.1 Å². The molecule has 0 heterocycles. The zero-order valence-corrected chi connectivity index (χ0v) is 12.5. The molecule has 6 heteroatoms. The number of anilines is 2. The van der Waals surface area contributed by atoms with Crippen LogP contribution in [0.4, 0.5) is 20.6 Å². The fourth-order valence-electron chi connectivity index (χ4n) is 1.43. The molecule has 2 N–H and O–H groups in total. The van der Waals surface area contributed by atoms with Crippen molar-refractivity contribution in [3.63, 3.8) is 0 Å². The van der Waals surface area contributed by atoms with Gasteiger partial charge in [0.25, 0.3) is 0 Å². The molecule has 0 unspecified atom stereocenters. The van der Waals surface area contributed by atoms with Crippen molar-refractivity contribution in [2.45, 2.75) is 0 Å². The van der Waals surface area contributed by atoms with Crippen LogP contribution < -0.4 is 10.6 Å². The van der Waals surface area contributed by atoms with Crippen molar-refractivity contribution in [3.05, 3.63) is 56.9 Å². The molecular formula is C13H9ClFIN2O. The van der Waals surface area contributed by atoms with Crippen molar-refractivity contribution in [1.82, 2.24) is 0 Å². The van der Waals surface area contributed by atoms with Gasteiger partial charge in [-0.2, -0.15) is 0 Å². The normalized spacial score (nSPS) is 10.1. The minimum Gasteiger partial charge on any atom is -0.307 e. The van der Waals surface area contributed by atoms with Gasteiger partial charge < -0.3 is 10.6 Å². The first kappa shape index (κ1) is 14.1. The summed E-state index contributed by atoms with van der Waals surface area (Å²) in [7, 11) is 0. The molecule has 2 rings (SSSR count). The molecule has 0 aromatic heterocycles. The highest BCUT2D eigenvalue weighted by Gasteiger charge is 2.08. The topological polar surface area (TPSA) is 41.1 Å². The Kier molecular flexibility index (Phi) is 4.60. The Morgan fingerprint density at radius 2 is 1.79 bits per heavy atom. The van der Waals surface area contributed by atoms with Gasteiger partial charge in [-0.15, -0.1) is 0 Å². The molecule has 0 fully saturated rings. The third kappa shape index (κ3) is 3.81. The van der Waals surface area contributed by atoms with Crippen molar-refractivity contribution in [2.75, 3.05) is 10.6 Å². The summed E-state index contributed by atoms with van der Waals surface area (Å²) in [6.45, 7) is 0. The van der Waals surface area contributed by atoms with Gasteiger partial charge in [0.15, 0.2) is 0 Å². The number of amides is 2. The first-order valence-electron chi connectivity index (χ1n) is 5.34. The number of carbonyl (C=O) groups is 1. The largest absolute Gasteiger partial charge is 0.323 e. The molecule has 0 aliphatic rings. The second-order valence-electron chi connectivity index (χ2n) is 3.68. The van der Waals surface area contributed by atoms with E-state index in [4.69, 9.17) is 11.6 Å². The minimum atomic E-state index is -0.509. The van der Waals surface area contributed by atoms with E-state index in [2.05, 4.69) is 33.2 Å². The molecule has 0 atom stereocenters. The van der Waals surface area contributed by atoms with E-state index in [0.717, 1.165) is 3.57 Å². The van der Waals surface area contributed by atoms with Gasteiger partial charge in [-0.25, -0.2) is 9.18 Å². The van der Waals surface area contributed by atoms with E-state index in [1.54, 1.807) is 30.3 Å². The van der Waals surface area contributed by atoms with E-state index in [-0.39, 0.29) is 5.69 Å². The quantitative estimate of drug-likeness (QED) is 0.715. The average Bonchev–Trinajstić information content (AvgIpc) is 2.36. The fourth-order valence-corrected chi connectivity index (χ4v) is 2.44. The first-order valence-corrected chi connectivity index (χ1v) is 6.79. The lowest BCUT2D eigenvalue weighted by Crippen LogP contribution is -2.20. The van der Waals surface area contributed by atoms with Crippen LogP contribution in [0.3, 0.4) is 0 Å². The molecule has 0 spiro atoms. The molecular weight excluding hydrogens is 382 g/mol. The Morgan fingerprint density at radius 3 is 2.47 bits per heavy atom. The lowest BCUT2D eigenvalue weighted by atomic mass is 10.3. The number of urea groups is 1. The summed E-state index contributed by atoms with van der Waals surface area (Å²) in [5.41, 5.74) is 0.739. The molecule has 3 nitrogen and oxygen atoms in total. The maximum absolute atomic E-state index is 13.4. The van der Waals surface area contributed by atoms with Gasteiger partial charge in [0, 0.05) is 8.59 Å². The van der Waals surface area contributed by atoms with E-state index in [9.17, 15) is 9.18 Å². The molecule has 0 saturated carbocycles. The highest BCUT2D eigenvalue weighted by molar-refractivity contribution is 14.1. The predicted octanol–water partition coefficient (Wildman–Crippen LogP) is 4.73. The van der Waals surface area contributed by atoms with Crippen LogP contribution in [-0.4, -0.2) is 6.03 Å². The van der Waals surface area contributed by atoms with Crippen LogP contribution in [0, 0.1) is 9.39 Å². The van der Waals surface area contributed by atoms with Crippen LogP contribution in [0.2, 0.25) is 5.02 Å². The summed E-state index contributed by atoms with van der Waals surface area (Å²) < 4.78 is 14.2. The van der Waals surface area contributed by atoms with E-state index in [1.807, 2.05) is 0 Å². The van der Waals surface area contributed by atoms with Crippen molar-refractivity contribution in [2.24, 2.45) is 0 Å². The van der Waals surface area contributed by atoms with Crippen LogP contribution in [-0.2, 0) is 0 Å². The van der Waals surface area contributed by atoms with Gasteiger partial charge in [0.2, 0.25) is 0 Å². The summed E-state index contributed by atoms with van der Waals surface area (Å²) >= 11 is 7.88. The third-order valence-corrected chi connectivity index (χ3v) is 3.43. The lowest BCUT2D eigenvalue weighted by Gasteiger charge is -2.09. The highest BCUT2D eigenvalue weighted by Crippen LogP contribution is 2.22. The number of carbonyl (C=O) groups excluding carboxylic acids is 1. The van der Waals surface area contributed by atoms with Crippen LogP contribution in [0.15, 0.2) is 42.5 Å². The Balaban J connectivity index is 2.08. The Labute approximate surface area is 128 Å². The van der Waals surface area contributed by atoms with Crippen LogP contribution in [0.1, 0.15) is 0 Å². The van der Waals surface area contributed by atoms with Crippen molar-refractivity contribution < 1.29 is 9.18 Å². The van der Waals surface area contributed by atoms with Crippen molar-refractivity contribution >= 4 is 51.6 Å². The smallest absolute Gasteiger partial charge is 0.307 e. The van der Waals surface area contributed by atoms with E-state index >= 15 is 0 Å². The minimum absolute atomic E-state index is 0.129. The molecule has 0 aliphatic heterocycles. The maximum Gasteiger partial charge on any atom is 0.323 e. The molecule has 19 heavy (non-hydrogen) atoms.